The molecular weight excluding hydrogens is 250 g/mol. The van der Waals surface area contributed by atoms with Crippen LogP contribution in [0.1, 0.15) is 25.7 Å². The van der Waals surface area contributed by atoms with Gasteiger partial charge in [0, 0.05) is 19.1 Å². The molecule has 18 heavy (non-hydrogen) atoms. The lowest BCUT2D eigenvalue weighted by Gasteiger charge is -2.23. The summed E-state index contributed by atoms with van der Waals surface area (Å²) >= 11 is 0. The third-order valence-corrected chi connectivity index (χ3v) is 5.36. The van der Waals surface area contributed by atoms with Gasteiger partial charge in [-0.25, -0.2) is 13.1 Å². The second-order valence-corrected chi connectivity index (χ2v) is 7.55. The zero-order valence-electron chi connectivity index (χ0n) is 11.2. The fourth-order valence-corrected chi connectivity index (χ4v) is 4.25. The minimum Gasteiger partial charge on any atom is -0.313 e. The van der Waals surface area contributed by atoms with Crippen molar-refractivity contribution in [3.8, 4) is 0 Å². The van der Waals surface area contributed by atoms with Gasteiger partial charge in [0.2, 0.25) is 10.0 Å². The first-order chi connectivity index (χ1) is 8.55. The van der Waals surface area contributed by atoms with E-state index in [-0.39, 0.29) is 11.8 Å². The molecule has 2 atom stereocenters. The number of nitrogens with zero attached hydrogens (tertiary/aromatic N) is 1. The third kappa shape index (κ3) is 4.50. The molecular formula is C12H25N3O2S. The number of hydrogen-bond acceptors (Lipinski definition) is 4. The minimum atomic E-state index is -3.12. The van der Waals surface area contributed by atoms with Crippen LogP contribution >= 0.6 is 0 Å². The molecule has 0 amide bonds. The lowest BCUT2D eigenvalue weighted by Crippen LogP contribution is -2.43. The summed E-state index contributed by atoms with van der Waals surface area (Å²) in [5.74, 6) is 0.708. The maximum absolute atomic E-state index is 12.0. The third-order valence-electron chi connectivity index (χ3n) is 3.91. The predicted molar refractivity (Wildman–Crippen MR) is 73.0 cm³/mol. The molecule has 2 heterocycles. The summed E-state index contributed by atoms with van der Waals surface area (Å²) in [6.45, 7) is 3.63. The van der Waals surface area contributed by atoms with Crippen molar-refractivity contribution >= 4 is 10.0 Å². The Morgan fingerprint density at radius 1 is 1.33 bits per heavy atom. The van der Waals surface area contributed by atoms with Crippen molar-refractivity contribution in [1.29, 1.82) is 0 Å². The van der Waals surface area contributed by atoms with Gasteiger partial charge in [-0.15, -0.1) is 0 Å². The Hall–Kier alpha value is -0.170. The first-order valence-corrected chi connectivity index (χ1v) is 8.60. The van der Waals surface area contributed by atoms with Gasteiger partial charge in [0.05, 0.1) is 5.75 Å². The predicted octanol–water partition coefficient (Wildman–Crippen LogP) is -0.000400. The van der Waals surface area contributed by atoms with Crippen LogP contribution in [0.25, 0.3) is 0 Å². The van der Waals surface area contributed by atoms with Crippen LogP contribution in [0.3, 0.4) is 0 Å². The fraction of sp³-hybridized carbons (Fsp3) is 1.00. The average Bonchev–Trinajstić information content (AvgIpc) is 2.74. The van der Waals surface area contributed by atoms with Crippen molar-refractivity contribution in [2.45, 2.75) is 31.7 Å². The van der Waals surface area contributed by atoms with Gasteiger partial charge in [-0.2, -0.15) is 0 Å². The number of rotatable bonds is 5. The Morgan fingerprint density at radius 2 is 2.17 bits per heavy atom. The number of hydrogen-bond donors (Lipinski definition) is 2. The van der Waals surface area contributed by atoms with E-state index >= 15 is 0 Å². The van der Waals surface area contributed by atoms with Crippen LogP contribution in [0.2, 0.25) is 0 Å². The second kappa shape index (κ2) is 6.32. The van der Waals surface area contributed by atoms with Gasteiger partial charge in [0.1, 0.15) is 0 Å². The van der Waals surface area contributed by atoms with Gasteiger partial charge in [0.25, 0.3) is 0 Å². The van der Waals surface area contributed by atoms with Crippen molar-refractivity contribution in [2.24, 2.45) is 5.92 Å². The van der Waals surface area contributed by atoms with Crippen LogP contribution in [0.15, 0.2) is 0 Å². The van der Waals surface area contributed by atoms with Gasteiger partial charge < -0.3 is 10.2 Å². The van der Waals surface area contributed by atoms with Crippen LogP contribution in [-0.2, 0) is 10.0 Å². The lowest BCUT2D eigenvalue weighted by atomic mass is 10.1. The normalized spacial score (nSPS) is 30.7. The highest BCUT2D eigenvalue weighted by atomic mass is 32.2. The summed E-state index contributed by atoms with van der Waals surface area (Å²) in [6.07, 6.45) is 4.38. The zero-order valence-corrected chi connectivity index (χ0v) is 12.0. The Labute approximate surface area is 110 Å². The van der Waals surface area contributed by atoms with E-state index in [0.717, 1.165) is 38.9 Å². The number of sulfonamides is 1. The van der Waals surface area contributed by atoms with Crippen molar-refractivity contribution in [3.05, 3.63) is 0 Å². The summed E-state index contributed by atoms with van der Waals surface area (Å²) < 4.78 is 26.7. The first-order valence-electron chi connectivity index (χ1n) is 6.94. The highest BCUT2D eigenvalue weighted by molar-refractivity contribution is 7.89. The summed E-state index contributed by atoms with van der Waals surface area (Å²) in [5.41, 5.74) is 0. The van der Waals surface area contributed by atoms with E-state index in [1.165, 1.54) is 6.42 Å². The monoisotopic (exact) mass is 275 g/mol. The molecule has 2 N–H and O–H groups in total. The molecule has 106 valence electrons. The largest absolute Gasteiger partial charge is 0.313 e. The smallest absolute Gasteiger partial charge is 0.213 e. The second-order valence-electron chi connectivity index (χ2n) is 5.69. The van der Waals surface area contributed by atoms with E-state index in [2.05, 4.69) is 22.0 Å². The van der Waals surface area contributed by atoms with Crippen molar-refractivity contribution in [2.75, 3.05) is 39.0 Å². The quantitative estimate of drug-likeness (QED) is 0.741. The van der Waals surface area contributed by atoms with E-state index < -0.39 is 10.0 Å². The average molecular weight is 275 g/mol. The molecule has 0 spiro atoms. The molecule has 2 rings (SSSR count). The fourth-order valence-electron chi connectivity index (χ4n) is 2.83. The van der Waals surface area contributed by atoms with Gasteiger partial charge in [0.15, 0.2) is 0 Å². The molecule has 0 radical (unpaired) electrons. The van der Waals surface area contributed by atoms with Gasteiger partial charge >= 0.3 is 0 Å². The molecule has 2 saturated heterocycles. The van der Waals surface area contributed by atoms with Gasteiger partial charge in [-0.05, 0) is 45.3 Å². The molecule has 0 aliphatic carbocycles. The highest BCUT2D eigenvalue weighted by Crippen LogP contribution is 2.14. The van der Waals surface area contributed by atoms with Crippen molar-refractivity contribution < 1.29 is 8.42 Å². The SMILES string of the molecule is CN1CCC(CNS(=O)(=O)CC2CCCCN2)C1. The molecule has 2 unspecified atom stereocenters. The summed E-state index contributed by atoms with van der Waals surface area (Å²) in [5, 5.41) is 3.28. The van der Waals surface area contributed by atoms with E-state index in [4.69, 9.17) is 0 Å². The number of piperidine rings is 1. The first kappa shape index (κ1) is 14.2. The van der Waals surface area contributed by atoms with E-state index in [1.807, 2.05) is 0 Å². The molecule has 2 fully saturated rings. The van der Waals surface area contributed by atoms with Gasteiger partial charge in [-0.3, -0.25) is 0 Å². The maximum Gasteiger partial charge on any atom is 0.213 e. The molecule has 0 aromatic carbocycles. The van der Waals surface area contributed by atoms with Crippen LogP contribution in [0, 0.1) is 5.92 Å². The molecule has 0 bridgehead atoms. The van der Waals surface area contributed by atoms with Crippen molar-refractivity contribution in [3.63, 3.8) is 0 Å². The summed E-state index contributed by atoms with van der Waals surface area (Å²) in [6, 6.07) is 0.141. The van der Waals surface area contributed by atoms with E-state index in [9.17, 15) is 8.42 Å². The Balaban J connectivity index is 1.73. The molecule has 2 aliphatic heterocycles. The minimum absolute atomic E-state index is 0.141. The Morgan fingerprint density at radius 3 is 2.78 bits per heavy atom. The maximum atomic E-state index is 12.0. The molecule has 6 heteroatoms. The Kier molecular flexibility index (Phi) is 5.00. The number of likely N-dealkylation sites (tertiary alicyclic amines) is 1. The highest BCUT2D eigenvalue weighted by Gasteiger charge is 2.24. The van der Waals surface area contributed by atoms with Crippen LogP contribution in [-0.4, -0.2) is 58.3 Å². The Bertz CT molecular complexity index is 352. The molecule has 0 aromatic heterocycles. The standard InChI is InChI=1S/C12H25N3O2S/c1-15-7-5-11(9-15)8-14-18(16,17)10-12-4-2-3-6-13-12/h11-14H,2-10H2,1H3. The molecule has 2 aliphatic rings. The molecule has 0 saturated carbocycles. The number of nitrogens with one attached hydrogen (secondary N) is 2. The van der Waals surface area contributed by atoms with E-state index in [0.29, 0.717) is 12.5 Å². The lowest BCUT2D eigenvalue weighted by molar-refractivity contribution is 0.393. The van der Waals surface area contributed by atoms with Crippen LogP contribution < -0.4 is 10.0 Å². The van der Waals surface area contributed by atoms with E-state index in [1.54, 1.807) is 0 Å². The zero-order chi connectivity index (χ0) is 13.0. The topological polar surface area (TPSA) is 61.4 Å². The molecule has 5 nitrogen and oxygen atoms in total. The van der Waals surface area contributed by atoms with Crippen LogP contribution in [0.4, 0.5) is 0 Å². The van der Waals surface area contributed by atoms with Gasteiger partial charge in [-0.1, -0.05) is 6.42 Å². The van der Waals surface area contributed by atoms with Crippen molar-refractivity contribution in [1.82, 2.24) is 14.9 Å². The molecule has 0 aromatic rings. The van der Waals surface area contributed by atoms with Crippen LogP contribution in [0.5, 0.6) is 0 Å². The summed E-state index contributed by atoms with van der Waals surface area (Å²) in [7, 11) is -1.03. The summed E-state index contributed by atoms with van der Waals surface area (Å²) in [4.78, 5) is 2.25.